The molecule has 0 spiro atoms. The fourth-order valence-corrected chi connectivity index (χ4v) is 1.74. The molecule has 0 aliphatic carbocycles. The normalized spacial score (nSPS) is 11.8. The molecular formula is C13H18ClNO4. The van der Waals surface area contributed by atoms with Crippen molar-refractivity contribution >= 4 is 17.5 Å². The van der Waals surface area contributed by atoms with E-state index >= 15 is 0 Å². The lowest BCUT2D eigenvalue weighted by Gasteiger charge is -2.13. The molecular weight excluding hydrogens is 270 g/mol. The first kappa shape index (κ1) is 15.6. The Labute approximate surface area is 117 Å². The number of halogens is 1. The number of carbonyl (C=O) groups is 1. The Kier molecular flexibility index (Phi) is 5.92. The number of aliphatic hydroxyl groups excluding tert-OH is 1. The minimum Gasteiger partial charge on any atom is -0.493 e. The molecule has 6 heteroatoms. The van der Waals surface area contributed by atoms with Crippen LogP contribution in [0.25, 0.3) is 0 Å². The van der Waals surface area contributed by atoms with Crippen LogP contribution in [0.1, 0.15) is 24.2 Å². The summed E-state index contributed by atoms with van der Waals surface area (Å²) in [5.41, 5.74) is 0.353. The Morgan fingerprint density at radius 3 is 2.74 bits per heavy atom. The third-order valence-electron chi connectivity index (χ3n) is 2.34. The first-order chi connectivity index (χ1) is 8.99. The zero-order chi connectivity index (χ0) is 14.4. The number of aliphatic hydroxyl groups is 1. The van der Waals surface area contributed by atoms with Crippen LogP contribution < -0.4 is 14.8 Å². The number of methoxy groups -OCH3 is 1. The van der Waals surface area contributed by atoms with E-state index in [1.165, 1.54) is 13.2 Å². The molecule has 0 fully saturated rings. The number of carbonyl (C=O) groups excluding carboxylic acids is 1. The van der Waals surface area contributed by atoms with Crippen LogP contribution in [0.15, 0.2) is 12.1 Å². The molecule has 1 atom stereocenters. The van der Waals surface area contributed by atoms with E-state index in [2.05, 4.69) is 5.32 Å². The molecule has 1 amide bonds. The number of benzene rings is 1. The molecule has 0 radical (unpaired) electrons. The third kappa shape index (κ3) is 4.29. The van der Waals surface area contributed by atoms with Crippen molar-refractivity contribution in [1.82, 2.24) is 5.32 Å². The van der Waals surface area contributed by atoms with Crippen molar-refractivity contribution in [3.8, 4) is 11.5 Å². The molecule has 1 rings (SSSR count). The van der Waals surface area contributed by atoms with Crippen molar-refractivity contribution in [2.45, 2.75) is 20.0 Å². The van der Waals surface area contributed by atoms with Crippen molar-refractivity contribution in [1.29, 1.82) is 0 Å². The van der Waals surface area contributed by atoms with Gasteiger partial charge in [-0.05, 0) is 26.0 Å². The number of rotatable bonds is 6. The van der Waals surface area contributed by atoms with Crippen LogP contribution in [-0.2, 0) is 0 Å². The molecule has 1 aromatic carbocycles. The topological polar surface area (TPSA) is 67.8 Å². The van der Waals surface area contributed by atoms with Gasteiger partial charge in [0.05, 0.1) is 24.8 Å². The van der Waals surface area contributed by atoms with Gasteiger partial charge in [0.25, 0.3) is 5.91 Å². The SMILES string of the molecule is CCOc1c(Cl)cc(C(=O)NCC(C)O)cc1OC. The maximum atomic E-state index is 11.9. The highest BCUT2D eigenvalue weighted by molar-refractivity contribution is 6.32. The second-order valence-electron chi connectivity index (χ2n) is 3.98. The van der Waals surface area contributed by atoms with E-state index in [0.29, 0.717) is 28.7 Å². The Hall–Kier alpha value is -1.46. The molecule has 0 aliphatic heterocycles. The van der Waals surface area contributed by atoms with Crippen LogP contribution in [0.4, 0.5) is 0 Å². The Morgan fingerprint density at radius 2 is 2.21 bits per heavy atom. The number of ether oxygens (including phenoxy) is 2. The second kappa shape index (κ2) is 7.21. The van der Waals surface area contributed by atoms with E-state index in [0.717, 1.165) is 0 Å². The highest BCUT2D eigenvalue weighted by Crippen LogP contribution is 2.36. The first-order valence-corrected chi connectivity index (χ1v) is 6.34. The Balaban J connectivity index is 2.97. The molecule has 1 aromatic rings. The molecule has 0 bridgehead atoms. The van der Waals surface area contributed by atoms with E-state index in [1.54, 1.807) is 13.0 Å². The largest absolute Gasteiger partial charge is 0.493 e. The summed E-state index contributed by atoms with van der Waals surface area (Å²) in [4.78, 5) is 11.9. The van der Waals surface area contributed by atoms with E-state index in [-0.39, 0.29) is 12.5 Å². The van der Waals surface area contributed by atoms with Gasteiger partial charge in [-0.1, -0.05) is 11.6 Å². The van der Waals surface area contributed by atoms with Gasteiger partial charge in [0.1, 0.15) is 0 Å². The van der Waals surface area contributed by atoms with Crippen molar-refractivity contribution in [2.75, 3.05) is 20.3 Å². The maximum Gasteiger partial charge on any atom is 0.251 e. The molecule has 0 aliphatic rings. The van der Waals surface area contributed by atoms with Crippen molar-refractivity contribution in [3.05, 3.63) is 22.7 Å². The van der Waals surface area contributed by atoms with Gasteiger partial charge >= 0.3 is 0 Å². The Morgan fingerprint density at radius 1 is 1.53 bits per heavy atom. The lowest BCUT2D eigenvalue weighted by Crippen LogP contribution is -2.30. The van der Waals surface area contributed by atoms with Gasteiger partial charge in [0, 0.05) is 12.1 Å². The zero-order valence-corrected chi connectivity index (χ0v) is 12.0. The number of nitrogens with one attached hydrogen (secondary N) is 1. The highest BCUT2D eigenvalue weighted by atomic mass is 35.5. The summed E-state index contributed by atoms with van der Waals surface area (Å²) in [7, 11) is 1.48. The van der Waals surface area contributed by atoms with E-state index in [4.69, 9.17) is 26.2 Å². The minimum atomic E-state index is -0.607. The summed E-state index contributed by atoms with van der Waals surface area (Å²) in [6, 6.07) is 3.06. The Bertz CT molecular complexity index is 449. The van der Waals surface area contributed by atoms with E-state index < -0.39 is 6.10 Å². The molecule has 106 valence electrons. The van der Waals surface area contributed by atoms with Crippen LogP contribution in [0.3, 0.4) is 0 Å². The lowest BCUT2D eigenvalue weighted by molar-refractivity contribution is 0.0923. The molecule has 0 heterocycles. The van der Waals surface area contributed by atoms with Gasteiger partial charge in [-0.15, -0.1) is 0 Å². The summed E-state index contributed by atoms with van der Waals surface area (Å²) in [6.45, 7) is 4.04. The summed E-state index contributed by atoms with van der Waals surface area (Å²) in [6.07, 6.45) is -0.607. The summed E-state index contributed by atoms with van der Waals surface area (Å²) >= 11 is 6.06. The average Bonchev–Trinajstić information content (AvgIpc) is 2.38. The third-order valence-corrected chi connectivity index (χ3v) is 2.62. The second-order valence-corrected chi connectivity index (χ2v) is 4.39. The summed E-state index contributed by atoms with van der Waals surface area (Å²) in [5, 5.41) is 12.0. The smallest absolute Gasteiger partial charge is 0.251 e. The summed E-state index contributed by atoms with van der Waals surface area (Å²) in [5.74, 6) is 0.486. The van der Waals surface area contributed by atoms with Crippen LogP contribution in [-0.4, -0.2) is 37.4 Å². The molecule has 0 aromatic heterocycles. The predicted molar refractivity (Wildman–Crippen MR) is 73.2 cm³/mol. The van der Waals surface area contributed by atoms with Gasteiger partial charge in [-0.2, -0.15) is 0 Å². The molecule has 5 nitrogen and oxygen atoms in total. The average molecular weight is 288 g/mol. The van der Waals surface area contributed by atoms with Gasteiger partial charge in [-0.25, -0.2) is 0 Å². The molecule has 1 unspecified atom stereocenters. The fourth-order valence-electron chi connectivity index (χ4n) is 1.48. The zero-order valence-electron chi connectivity index (χ0n) is 11.2. The number of hydrogen-bond donors (Lipinski definition) is 2. The van der Waals surface area contributed by atoms with E-state index in [9.17, 15) is 4.79 Å². The number of hydrogen-bond acceptors (Lipinski definition) is 4. The lowest BCUT2D eigenvalue weighted by atomic mass is 10.2. The maximum absolute atomic E-state index is 11.9. The molecule has 19 heavy (non-hydrogen) atoms. The van der Waals surface area contributed by atoms with Gasteiger partial charge < -0.3 is 19.9 Å². The highest BCUT2D eigenvalue weighted by Gasteiger charge is 2.15. The van der Waals surface area contributed by atoms with Crippen molar-refractivity contribution in [2.24, 2.45) is 0 Å². The standard InChI is InChI=1S/C13H18ClNO4/c1-4-19-12-10(14)5-9(6-11(12)18-3)13(17)15-7-8(2)16/h5-6,8,16H,4,7H2,1-3H3,(H,15,17). The fraction of sp³-hybridized carbons (Fsp3) is 0.462. The van der Waals surface area contributed by atoms with Crippen LogP contribution in [0.2, 0.25) is 5.02 Å². The molecule has 0 saturated heterocycles. The predicted octanol–water partition coefficient (Wildman–Crippen LogP) is 1.86. The van der Waals surface area contributed by atoms with Gasteiger partial charge in [-0.3, -0.25) is 4.79 Å². The first-order valence-electron chi connectivity index (χ1n) is 5.96. The van der Waals surface area contributed by atoms with Crippen LogP contribution in [0.5, 0.6) is 11.5 Å². The van der Waals surface area contributed by atoms with E-state index in [1.807, 2.05) is 6.92 Å². The van der Waals surface area contributed by atoms with Gasteiger partial charge in [0.2, 0.25) is 0 Å². The van der Waals surface area contributed by atoms with Crippen LogP contribution >= 0.6 is 11.6 Å². The number of amides is 1. The monoisotopic (exact) mass is 287 g/mol. The van der Waals surface area contributed by atoms with Crippen LogP contribution in [0, 0.1) is 0 Å². The van der Waals surface area contributed by atoms with Crippen molar-refractivity contribution in [3.63, 3.8) is 0 Å². The quantitative estimate of drug-likeness (QED) is 0.838. The molecule has 0 saturated carbocycles. The van der Waals surface area contributed by atoms with Crippen molar-refractivity contribution < 1.29 is 19.4 Å². The minimum absolute atomic E-state index is 0.173. The van der Waals surface area contributed by atoms with Gasteiger partial charge in [0.15, 0.2) is 11.5 Å². The summed E-state index contributed by atoms with van der Waals surface area (Å²) < 4.78 is 10.5. The molecule has 2 N–H and O–H groups in total.